The number of pyridine rings is 1. The lowest BCUT2D eigenvalue weighted by Gasteiger charge is -2.19. The van der Waals surface area contributed by atoms with E-state index in [1.807, 2.05) is 6.07 Å². The summed E-state index contributed by atoms with van der Waals surface area (Å²) in [5, 5.41) is 1.88. The first-order valence-electron chi connectivity index (χ1n) is 6.67. The van der Waals surface area contributed by atoms with Gasteiger partial charge in [0.15, 0.2) is 0 Å². The molecule has 1 aliphatic rings. The summed E-state index contributed by atoms with van der Waals surface area (Å²) < 4.78 is 0. The number of rotatable bonds is 2. The number of aromatic nitrogens is 2. The number of likely N-dealkylation sites (tertiary alicyclic amines) is 1. The summed E-state index contributed by atoms with van der Waals surface area (Å²) in [5.41, 5.74) is 2.16. The van der Waals surface area contributed by atoms with Crippen LogP contribution in [-0.2, 0) is 6.54 Å². The molecule has 3 nitrogen and oxygen atoms in total. The van der Waals surface area contributed by atoms with Gasteiger partial charge in [-0.15, -0.1) is 0 Å². The van der Waals surface area contributed by atoms with E-state index in [4.69, 9.17) is 11.6 Å². The van der Waals surface area contributed by atoms with Crippen LogP contribution < -0.4 is 0 Å². The first kappa shape index (κ1) is 12.0. The van der Waals surface area contributed by atoms with Crippen molar-refractivity contribution in [1.29, 1.82) is 0 Å². The number of nitrogens with one attached hydrogen (secondary N) is 1. The van der Waals surface area contributed by atoms with E-state index in [1.165, 1.54) is 44.3 Å². The second kappa shape index (κ2) is 5.29. The lowest BCUT2D eigenvalue weighted by Crippen LogP contribution is -2.23. The van der Waals surface area contributed by atoms with Crippen LogP contribution in [0.15, 0.2) is 18.5 Å². The molecule has 0 amide bonds. The van der Waals surface area contributed by atoms with Crippen LogP contribution >= 0.6 is 11.6 Å². The third-order valence-electron chi connectivity index (χ3n) is 3.70. The van der Waals surface area contributed by atoms with Crippen molar-refractivity contribution in [2.75, 3.05) is 13.1 Å². The van der Waals surface area contributed by atoms with Crippen LogP contribution in [0.1, 0.15) is 31.2 Å². The van der Waals surface area contributed by atoms with Gasteiger partial charge in [0, 0.05) is 24.3 Å². The van der Waals surface area contributed by atoms with Gasteiger partial charge in [0.25, 0.3) is 0 Å². The van der Waals surface area contributed by atoms with Crippen molar-refractivity contribution in [2.45, 2.75) is 32.2 Å². The number of hydrogen-bond donors (Lipinski definition) is 1. The SMILES string of the molecule is Clc1ccnc2[nH]cc(CN3CCCCCC3)c12. The molecule has 0 saturated carbocycles. The van der Waals surface area contributed by atoms with Crippen molar-refractivity contribution in [3.8, 4) is 0 Å². The summed E-state index contributed by atoms with van der Waals surface area (Å²) in [6, 6.07) is 1.86. The minimum absolute atomic E-state index is 0.797. The van der Waals surface area contributed by atoms with Gasteiger partial charge in [-0.3, -0.25) is 4.90 Å². The van der Waals surface area contributed by atoms with E-state index in [1.54, 1.807) is 6.20 Å². The average molecular weight is 264 g/mol. The van der Waals surface area contributed by atoms with Crippen molar-refractivity contribution < 1.29 is 0 Å². The normalized spacial score (nSPS) is 18.1. The van der Waals surface area contributed by atoms with Crippen LogP contribution in [0.2, 0.25) is 5.02 Å². The quantitative estimate of drug-likeness (QED) is 0.898. The minimum atomic E-state index is 0.797. The molecule has 0 unspecified atom stereocenters. The van der Waals surface area contributed by atoms with Gasteiger partial charge < -0.3 is 4.98 Å². The molecule has 1 fully saturated rings. The lowest BCUT2D eigenvalue weighted by molar-refractivity contribution is 0.278. The van der Waals surface area contributed by atoms with E-state index in [0.29, 0.717) is 0 Å². The molecular formula is C14H18ClN3. The largest absolute Gasteiger partial charge is 0.346 e. The van der Waals surface area contributed by atoms with Crippen LogP contribution in [0.4, 0.5) is 0 Å². The molecule has 0 aliphatic carbocycles. The second-order valence-electron chi connectivity index (χ2n) is 5.02. The highest BCUT2D eigenvalue weighted by molar-refractivity contribution is 6.35. The van der Waals surface area contributed by atoms with Crippen molar-refractivity contribution in [3.63, 3.8) is 0 Å². The maximum Gasteiger partial charge on any atom is 0.139 e. The first-order chi connectivity index (χ1) is 8.84. The molecule has 96 valence electrons. The molecular weight excluding hydrogens is 246 g/mol. The molecule has 1 aliphatic heterocycles. The molecule has 1 saturated heterocycles. The van der Waals surface area contributed by atoms with Crippen LogP contribution in [-0.4, -0.2) is 28.0 Å². The van der Waals surface area contributed by atoms with Gasteiger partial charge in [-0.05, 0) is 37.6 Å². The predicted molar refractivity (Wildman–Crippen MR) is 74.8 cm³/mol. The zero-order valence-corrected chi connectivity index (χ0v) is 11.2. The van der Waals surface area contributed by atoms with E-state index >= 15 is 0 Å². The van der Waals surface area contributed by atoms with Crippen LogP contribution in [0.25, 0.3) is 11.0 Å². The molecule has 4 heteroatoms. The highest BCUT2D eigenvalue weighted by Gasteiger charge is 2.13. The fourth-order valence-corrected chi connectivity index (χ4v) is 3.01. The lowest BCUT2D eigenvalue weighted by atomic mass is 10.2. The molecule has 1 N–H and O–H groups in total. The maximum absolute atomic E-state index is 6.27. The van der Waals surface area contributed by atoms with E-state index in [-0.39, 0.29) is 0 Å². The molecule has 0 bridgehead atoms. The Morgan fingerprint density at radius 2 is 2.00 bits per heavy atom. The van der Waals surface area contributed by atoms with Crippen molar-refractivity contribution in [1.82, 2.24) is 14.9 Å². The Morgan fingerprint density at radius 3 is 2.78 bits per heavy atom. The summed E-state index contributed by atoms with van der Waals surface area (Å²) in [6.45, 7) is 3.38. The maximum atomic E-state index is 6.27. The number of halogens is 1. The Bertz CT molecular complexity index is 527. The molecule has 3 rings (SSSR count). The highest BCUT2D eigenvalue weighted by Crippen LogP contribution is 2.26. The standard InChI is InChI=1S/C14H18ClN3/c15-12-5-6-16-14-13(12)11(9-17-14)10-18-7-3-1-2-4-8-18/h5-6,9H,1-4,7-8,10H2,(H,16,17). The van der Waals surface area contributed by atoms with Gasteiger partial charge in [0.05, 0.1) is 5.02 Å². The Kier molecular flexibility index (Phi) is 3.52. The molecule has 2 aromatic rings. The van der Waals surface area contributed by atoms with Gasteiger partial charge in [0.1, 0.15) is 5.65 Å². The third-order valence-corrected chi connectivity index (χ3v) is 4.01. The van der Waals surface area contributed by atoms with Gasteiger partial charge in [-0.2, -0.15) is 0 Å². The fourth-order valence-electron chi connectivity index (χ4n) is 2.74. The number of nitrogens with zero attached hydrogens (tertiary/aromatic N) is 2. The average Bonchev–Trinajstić information content (AvgIpc) is 2.60. The van der Waals surface area contributed by atoms with Crippen molar-refractivity contribution >= 4 is 22.6 Å². The topological polar surface area (TPSA) is 31.9 Å². The molecule has 2 aromatic heterocycles. The zero-order valence-electron chi connectivity index (χ0n) is 10.5. The molecule has 0 radical (unpaired) electrons. The molecule has 0 spiro atoms. The summed E-state index contributed by atoms with van der Waals surface area (Å²) in [4.78, 5) is 10.1. The summed E-state index contributed by atoms with van der Waals surface area (Å²) in [5.74, 6) is 0. The summed E-state index contributed by atoms with van der Waals surface area (Å²) >= 11 is 6.27. The Morgan fingerprint density at radius 1 is 1.22 bits per heavy atom. The smallest absolute Gasteiger partial charge is 0.139 e. The zero-order chi connectivity index (χ0) is 12.4. The van der Waals surface area contributed by atoms with Crippen LogP contribution in [0.3, 0.4) is 0 Å². The number of H-pyrrole nitrogens is 1. The number of fused-ring (bicyclic) bond motifs is 1. The van der Waals surface area contributed by atoms with E-state index in [9.17, 15) is 0 Å². The molecule has 3 heterocycles. The monoisotopic (exact) mass is 263 g/mol. The summed E-state index contributed by atoms with van der Waals surface area (Å²) in [7, 11) is 0. The van der Waals surface area contributed by atoms with Crippen LogP contribution in [0.5, 0.6) is 0 Å². The molecule has 0 aromatic carbocycles. The van der Waals surface area contributed by atoms with Crippen LogP contribution in [0, 0.1) is 0 Å². The Balaban J connectivity index is 1.85. The second-order valence-corrected chi connectivity index (χ2v) is 5.43. The van der Waals surface area contributed by atoms with E-state index in [0.717, 1.165) is 22.6 Å². The summed E-state index contributed by atoms with van der Waals surface area (Å²) in [6.07, 6.45) is 9.16. The Hall–Kier alpha value is -1.06. The van der Waals surface area contributed by atoms with E-state index in [2.05, 4.69) is 21.1 Å². The molecule has 0 atom stereocenters. The van der Waals surface area contributed by atoms with Gasteiger partial charge >= 0.3 is 0 Å². The molecule has 18 heavy (non-hydrogen) atoms. The number of aromatic amines is 1. The van der Waals surface area contributed by atoms with Gasteiger partial charge in [-0.25, -0.2) is 4.98 Å². The van der Waals surface area contributed by atoms with E-state index < -0.39 is 0 Å². The minimum Gasteiger partial charge on any atom is -0.346 e. The van der Waals surface area contributed by atoms with Gasteiger partial charge in [0.2, 0.25) is 0 Å². The highest BCUT2D eigenvalue weighted by atomic mass is 35.5. The van der Waals surface area contributed by atoms with Gasteiger partial charge in [-0.1, -0.05) is 24.4 Å². The van der Waals surface area contributed by atoms with Crippen molar-refractivity contribution in [2.24, 2.45) is 0 Å². The number of hydrogen-bond acceptors (Lipinski definition) is 2. The third kappa shape index (κ3) is 2.38. The fraction of sp³-hybridized carbons (Fsp3) is 0.500. The predicted octanol–water partition coefficient (Wildman–Crippen LogP) is 3.59. The Labute approximate surface area is 112 Å². The van der Waals surface area contributed by atoms with Crippen molar-refractivity contribution in [3.05, 3.63) is 29.0 Å². The first-order valence-corrected chi connectivity index (χ1v) is 7.05.